The van der Waals surface area contributed by atoms with Crippen LogP contribution in [0.4, 0.5) is 0 Å². The molecule has 0 aliphatic carbocycles. The molecule has 5 nitrogen and oxygen atoms in total. The summed E-state index contributed by atoms with van der Waals surface area (Å²) >= 11 is 1.38. The summed E-state index contributed by atoms with van der Waals surface area (Å²) in [6, 6.07) is 9.72. The van der Waals surface area contributed by atoms with E-state index in [1.807, 2.05) is 37.3 Å². The zero-order valence-electron chi connectivity index (χ0n) is 10.7. The van der Waals surface area contributed by atoms with Gasteiger partial charge in [-0.05, 0) is 30.6 Å². The smallest absolute Gasteiger partial charge is 0.235 e. The van der Waals surface area contributed by atoms with Crippen LogP contribution in [0.5, 0.6) is 0 Å². The maximum atomic E-state index is 10.6. The summed E-state index contributed by atoms with van der Waals surface area (Å²) in [4.78, 5) is 14.4. The number of nitrogens with zero attached hydrogens (tertiary/aromatic N) is 2. The molecule has 0 saturated carbocycles. The van der Waals surface area contributed by atoms with Gasteiger partial charge in [0, 0.05) is 22.5 Å². The number of H-pyrrole nitrogens is 1. The Morgan fingerprint density at radius 3 is 2.90 bits per heavy atom. The van der Waals surface area contributed by atoms with E-state index in [9.17, 15) is 10.1 Å². The van der Waals surface area contributed by atoms with Crippen molar-refractivity contribution >= 4 is 28.5 Å². The number of para-hydroxylation sites is 1. The predicted octanol–water partition coefficient (Wildman–Crippen LogP) is 3.85. The van der Waals surface area contributed by atoms with Crippen LogP contribution in [0.1, 0.15) is 11.3 Å². The molecule has 100 valence electrons. The molecule has 0 radical (unpaired) electrons. The summed E-state index contributed by atoms with van der Waals surface area (Å²) in [6.07, 6.45) is 2.50. The molecule has 0 saturated heterocycles. The third-order valence-electron chi connectivity index (χ3n) is 2.98. The van der Waals surface area contributed by atoms with Crippen LogP contribution in [-0.4, -0.2) is 14.3 Å². The molecule has 20 heavy (non-hydrogen) atoms. The zero-order valence-corrected chi connectivity index (χ0v) is 11.5. The highest BCUT2D eigenvalue weighted by Crippen LogP contribution is 2.33. The molecule has 0 atom stereocenters. The van der Waals surface area contributed by atoms with E-state index < -0.39 is 4.92 Å². The highest BCUT2D eigenvalue weighted by Gasteiger charge is 2.13. The van der Waals surface area contributed by atoms with E-state index in [0.717, 1.165) is 38.9 Å². The molecule has 0 bridgehead atoms. The zero-order chi connectivity index (χ0) is 14.1. The van der Waals surface area contributed by atoms with Gasteiger partial charge in [-0.1, -0.05) is 18.2 Å². The summed E-state index contributed by atoms with van der Waals surface area (Å²) in [7, 11) is 0. The second-order valence-electron chi connectivity index (χ2n) is 4.39. The molecule has 2 aromatic heterocycles. The summed E-state index contributed by atoms with van der Waals surface area (Å²) < 4.78 is 4.26. The number of nitro groups is 1. The predicted molar refractivity (Wildman–Crippen MR) is 80.2 cm³/mol. The Morgan fingerprint density at radius 2 is 2.20 bits per heavy atom. The van der Waals surface area contributed by atoms with E-state index in [1.54, 1.807) is 0 Å². The van der Waals surface area contributed by atoms with Crippen LogP contribution in [0.25, 0.3) is 27.6 Å². The van der Waals surface area contributed by atoms with Crippen molar-refractivity contribution in [3.63, 3.8) is 0 Å². The number of nitrogens with one attached hydrogen (secondary N) is 1. The number of aryl methyl sites for hydroxylation is 1. The van der Waals surface area contributed by atoms with Crippen molar-refractivity contribution in [2.75, 3.05) is 0 Å². The fraction of sp³-hybridized carbons (Fsp3) is 0.0714. The van der Waals surface area contributed by atoms with Gasteiger partial charge < -0.3 is 4.98 Å². The second kappa shape index (κ2) is 4.90. The molecular weight excluding hydrogens is 274 g/mol. The summed E-state index contributed by atoms with van der Waals surface area (Å²) in [5, 5.41) is 11.5. The van der Waals surface area contributed by atoms with Gasteiger partial charge in [-0.2, -0.15) is 4.37 Å². The molecule has 1 aromatic carbocycles. The lowest BCUT2D eigenvalue weighted by atomic mass is 10.1. The summed E-state index contributed by atoms with van der Waals surface area (Å²) in [5.41, 5.74) is 3.58. The van der Waals surface area contributed by atoms with Crippen molar-refractivity contribution in [1.82, 2.24) is 9.36 Å². The van der Waals surface area contributed by atoms with Crippen LogP contribution in [0.2, 0.25) is 0 Å². The maximum Gasteiger partial charge on any atom is 0.235 e. The molecule has 0 spiro atoms. The molecule has 0 aliphatic heterocycles. The van der Waals surface area contributed by atoms with E-state index in [0.29, 0.717) is 0 Å². The van der Waals surface area contributed by atoms with Crippen LogP contribution < -0.4 is 0 Å². The molecule has 1 N–H and O–H groups in total. The minimum atomic E-state index is -0.455. The molecule has 0 unspecified atom stereocenters. The minimum absolute atomic E-state index is 0.455. The topological polar surface area (TPSA) is 71.8 Å². The fourth-order valence-corrected chi connectivity index (χ4v) is 2.92. The summed E-state index contributed by atoms with van der Waals surface area (Å²) in [6.45, 7) is 1.93. The van der Waals surface area contributed by atoms with Crippen LogP contribution in [0.15, 0.2) is 36.5 Å². The van der Waals surface area contributed by atoms with Gasteiger partial charge in [0.15, 0.2) is 0 Å². The van der Waals surface area contributed by atoms with E-state index >= 15 is 0 Å². The third kappa shape index (κ3) is 2.21. The Balaban J connectivity index is 2.24. The summed E-state index contributed by atoms with van der Waals surface area (Å²) in [5.74, 6) is 0. The number of aromatic amines is 1. The molecule has 0 fully saturated rings. The lowest BCUT2D eigenvalue weighted by molar-refractivity contribution is -0.400. The maximum absolute atomic E-state index is 10.6. The standard InChI is InChI=1S/C14H11N3O2S/c1-9-8-13(20-16-9)14-11(6-7-17(18)19)10-4-2-3-5-12(10)15-14/h2-8,15H,1H3. The average molecular weight is 285 g/mol. The Bertz CT molecular complexity index is 817. The molecule has 6 heteroatoms. The van der Waals surface area contributed by atoms with Crippen molar-refractivity contribution in [3.8, 4) is 10.6 Å². The first-order valence-electron chi connectivity index (χ1n) is 6.01. The van der Waals surface area contributed by atoms with Crippen LogP contribution in [0.3, 0.4) is 0 Å². The van der Waals surface area contributed by atoms with Crippen molar-refractivity contribution < 1.29 is 4.92 Å². The third-order valence-corrected chi connectivity index (χ3v) is 3.88. The molecule has 0 aliphatic rings. The number of rotatable bonds is 3. The van der Waals surface area contributed by atoms with Gasteiger partial charge in [-0.15, -0.1) is 0 Å². The number of fused-ring (bicyclic) bond motifs is 1. The fourth-order valence-electron chi connectivity index (χ4n) is 2.15. The van der Waals surface area contributed by atoms with E-state index in [2.05, 4.69) is 9.36 Å². The van der Waals surface area contributed by atoms with Crippen molar-refractivity contribution in [2.45, 2.75) is 6.92 Å². The Kier molecular flexibility index (Phi) is 3.08. The number of aromatic nitrogens is 2. The van der Waals surface area contributed by atoms with Gasteiger partial charge in [-0.25, -0.2) is 0 Å². The Labute approximate surface area is 118 Å². The van der Waals surface area contributed by atoms with Crippen LogP contribution in [0, 0.1) is 17.0 Å². The van der Waals surface area contributed by atoms with Crippen LogP contribution >= 0.6 is 11.5 Å². The van der Waals surface area contributed by atoms with E-state index in [1.165, 1.54) is 17.6 Å². The molecular formula is C14H11N3O2S. The SMILES string of the molecule is Cc1cc(-c2[nH]c3ccccc3c2C=C[N+](=O)[O-])sn1. The van der Waals surface area contributed by atoms with Gasteiger partial charge in [-0.3, -0.25) is 10.1 Å². The van der Waals surface area contributed by atoms with Gasteiger partial charge >= 0.3 is 0 Å². The average Bonchev–Trinajstić information content (AvgIpc) is 2.99. The van der Waals surface area contributed by atoms with Gasteiger partial charge in [0.05, 0.1) is 21.2 Å². The van der Waals surface area contributed by atoms with Crippen molar-refractivity contribution in [2.24, 2.45) is 0 Å². The quantitative estimate of drug-likeness (QED) is 0.587. The lowest BCUT2D eigenvalue weighted by Crippen LogP contribution is -1.83. The van der Waals surface area contributed by atoms with E-state index in [4.69, 9.17) is 0 Å². The van der Waals surface area contributed by atoms with Gasteiger partial charge in [0.25, 0.3) is 0 Å². The molecule has 3 aromatic rings. The molecule has 2 heterocycles. The number of hydrogen-bond donors (Lipinski definition) is 1. The monoisotopic (exact) mass is 285 g/mol. The molecule has 0 amide bonds. The van der Waals surface area contributed by atoms with Crippen molar-refractivity contribution in [1.29, 1.82) is 0 Å². The first-order chi connectivity index (χ1) is 9.65. The van der Waals surface area contributed by atoms with Crippen molar-refractivity contribution in [3.05, 3.63) is 57.9 Å². The largest absolute Gasteiger partial charge is 0.353 e. The molecule has 3 rings (SSSR count). The second-order valence-corrected chi connectivity index (χ2v) is 5.20. The number of hydrogen-bond acceptors (Lipinski definition) is 4. The lowest BCUT2D eigenvalue weighted by Gasteiger charge is -1.94. The highest BCUT2D eigenvalue weighted by molar-refractivity contribution is 7.09. The van der Waals surface area contributed by atoms with Gasteiger partial charge in [0.2, 0.25) is 6.20 Å². The van der Waals surface area contributed by atoms with Gasteiger partial charge in [0.1, 0.15) is 0 Å². The number of benzene rings is 1. The highest BCUT2D eigenvalue weighted by atomic mass is 32.1. The normalized spacial score (nSPS) is 11.4. The Hall–Kier alpha value is -2.47. The van der Waals surface area contributed by atoms with E-state index in [-0.39, 0.29) is 0 Å². The Morgan fingerprint density at radius 1 is 1.40 bits per heavy atom. The first kappa shape index (κ1) is 12.6. The van der Waals surface area contributed by atoms with Crippen LogP contribution in [-0.2, 0) is 0 Å². The first-order valence-corrected chi connectivity index (χ1v) is 6.78. The minimum Gasteiger partial charge on any atom is -0.353 e.